The Balaban J connectivity index is 2.49. The molecular formula is C25H42O6. The SMILES string of the molecule is CO[C@@H](C[C@@H](O)C/C=C/C=C\C(=O)O)C[C@H]1O[C@H](C[C@@H](O)/C=C/CC(C)C)CC[C@@H]1C. The highest BCUT2D eigenvalue weighted by Gasteiger charge is 2.31. The Morgan fingerprint density at radius 3 is 2.52 bits per heavy atom. The molecule has 0 saturated carbocycles. The third kappa shape index (κ3) is 12.9. The van der Waals surface area contributed by atoms with Gasteiger partial charge in [-0.3, -0.25) is 0 Å². The maximum absolute atomic E-state index is 10.4. The molecule has 1 aliphatic heterocycles. The lowest BCUT2D eigenvalue weighted by Crippen LogP contribution is -2.38. The van der Waals surface area contributed by atoms with Crippen LogP contribution in [-0.2, 0) is 14.3 Å². The second-order valence-corrected chi connectivity index (χ2v) is 9.06. The fourth-order valence-corrected chi connectivity index (χ4v) is 3.80. The number of hydrogen-bond acceptors (Lipinski definition) is 5. The zero-order valence-electron chi connectivity index (χ0n) is 19.5. The summed E-state index contributed by atoms with van der Waals surface area (Å²) in [7, 11) is 1.65. The minimum absolute atomic E-state index is 0.0336. The van der Waals surface area contributed by atoms with Crippen molar-refractivity contribution >= 4 is 5.97 Å². The third-order valence-electron chi connectivity index (χ3n) is 5.67. The van der Waals surface area contributed by atoms with Gasteiger partial charge in [-0.2, -0.15) is 0 Å². The van der Waals surface area contributed by atoms with Gasteiger partial charge in [0, 0.05) is 26.0 Å². The molecule has 1 aliphatic rings. The molecule has 0 aromatic heterocycles. The highest BCUT2D eigenvalue weighted by Crippen LogP contribution is 2.31. The predicted octanol–water partition coefficient (Wildman–Crippen LogP) is 4.27. The fourth-order valence-electron chi connectivity index (χ4n) is 3.80. The van der Waals surface area contributed by atoms with E-state index in [0.717, 1.165) is 25.3 Å². The molecule has 1 fully saturated rings. The van der Waals surface area contributed by atoms with Crippen LogP contribution in [0.4, 0.5) is 0 Å². The second kappa shape index (κ2) is 15.4. The van der Waals surface area contributed by atoms with Gasteiger partial charge in [-0.1, -0.05) is 51.2 Å². The number of rotatable bonds is 14. The second-order valence-electron chi connectivity index (χ2n) is 9.06. The Morgan fingerprint density at radius 2 is 1.87 bits per heavy atom. The summed E-state index contributed by atoms with van der Waals surface area (Å²) < 4.78 is 11.9. The molecule has 0 bridgehead atoms. The number of aliphatic carboxylic acids is 1. The summed E-state index contributed by atoms with van der Waals surface area (Å²) in [5.41, 5.74) is 0. The average molecular weight is 439 g/mol. The zero-order valence-corrected chi connectivity index (χ0v) is 19.5. The molecule has 1 rings (SSSR count). The van der Waals surface area contributed by atoms with Crippen molar-refractivity contribution in [2.75, 3.05) is 7.11 Å². The van der Waals surface area contributed by atoms with E-state index in [1.54, 1.807) is 19.3 Å². The third-order valence-corrected chi connectivity index (χ3v) is 5.67. The maximum atomic E-state index is 10.4. The number of aliphatic hydroxyl groups excluding tert-OH is 2. The van der Waals surface area contributed by atoms with Crippen molar-refractivity contribution in [1.82, 2.24) is 0 Å². The number of carbonyl (C=O) groups is 1. The molecule has 0 spiro atoms. The lowest BCUT2D eigenvalue weighted by molar-refractivity contribution is -0.131. The zero-order chi connectivity index (χ0) is 23.2. The first kappa shape index (κ1) is 27.6. The number of hydrogen-bond donors (Lipinski definition) is 3. The van der Waals surface area contributed by atoms with E-state index in [0.29, 0.717) is 37.5 Å². The lowest BCUT2D eigenvalue weighted by atomic mass is 9.87. The van der Waals surface area contributed by atoms with Crippen LogP contribution in [0.2, 0.25) is 0 Å². The van der Waals surface area contributed by atoms with E-state index in [2.05, 4.69) is 20.8 Å². The minimum Gasteiger partial charge on any atom is -0.478 e. The molecule has 0 unspecified atom stereocenters. The Kier molecular flexibility index (Phi) is 13.7. The number of aliphatic hydroxyl groups is 2. The number of carboxylic acids is 1. The average Bonchev–Trinajstić information content (AvgIpc) is 2.69. The van der Waals surface area contributed by atoms with Crippen LogP contribution in [0.25, 0.3) is 0 Å². The van der Waals surface area contributed by atoms with Gasteiger partial charge in [0.2, 0.25) is 0 Å². The topological polar surface area (TPSA) is 96.2 Å². The van der Waals surface area contributed by atoms with E-state index in [9.17, 15) is 15.0 Å². The van der Waals surface area contributed by atoms with Crippen LogP contribution in [0.3, 0.4) is 0 Å². The van der Waals surface area contributed by atoms with Crippen LogP contribution in [0, 0.1) is 11.8 Å². The summed E-state index contributed by atoms with van der Waals surface area (Å²) in [5, 5.41) is 29.1. The molecular weight excluding hydrogens is 396 g/mol. The van der Waals surface area contributed by atoms with Crippen LogP contribution in [0.15, 0.2) is 36.5 Å². The summed E-state index contributed by atoms with van der Waals surface area (Å²) in [6, 6.07) is 0. The van der Waals surface area contributed by atoms with Crippen molar-refractivity contribution in [2.24, 2.45) is 11.8 Å². The Hall–Kier alpha value is -1.47. The quantitative estimate of drug-likeness (QED) is 0.213. The molecule has 3 N–H and O–H groups in total. The number of methoxy groups -OCH3 is 1. The van der Waals surface area contributed by atoms with Crippen molar-refractivity contribution in [2.45, 2.75) is 96.2 Å². The van der Waals surface area contributed by atoms with Crippen LogP contribution in [-0.4, -0.2) is 58.9 Å². The molecule has 6 heteroatoms. The van der Waals surface area contributed by atoms with Crippen LogP contribution >= 0.6 is 0 Å². The lowest BCUT2D eigenvalue weighted by Gasteiger charge is -2.37. The van der Waals surface area contributed by atoms with E-state index in [-0.39, 0.29) is 18.3 Å². The van der Waals surface area contributed by atoms with Gasteiger partial charge in [-0.05, 0) is 43.9 Å². The molecule has 0 aliphatic carbocycles. The first-order valence-corrected chi connectivity index (χ1v) is 11.5. The van der Waals surface area contributed by atoms with Gasteiger partial charge in [0.15, 0.2) is 0 Å². The summed E-state index contributed by atoms with van der Waals surface area (Å²) >= 11 is 0. The standard InChI is InChI=1S/C25H42O6/c1-18(2)9-8-11-21(27)15-22-14-13-19(3)24(31-22)17-23(30-4)16-20(26)10-6-5-7-12-25(28)29/h5-8,11-12,18-24,26-27H,9-10,13-17H2,1-4H3,(H,28,29)/b6-5+,11-8+,12-7-/t19-,20-,21-,22-,23-,24+/m0/s1. The van der Waals surface area contributed by atoms with Crippen molar-refractivity contribution < 1.29 is 29.6 Å². The summed E-state index contributed by atoms with van der Waals surface area (Å²) in [5.74, 6) is -0.0120. The van der Waals surface area contributed by atoms with E-state index in [1.165, 1.54) is 6.08 Å². The molecule has 1 heterocycles. The van der Waals surface area contributed by atoms with Crippen LogP contribution in [0.1, 0.15) is 65.7 Å². The van der Waals surface area contributed by atoms with Crippen molar-refractivity contribution in [1.29, 1.82) is 0 Å². The summed E-state index contributed by atoms with van der Waals surface area (Å²) in [6.45, 7) is 6.49. The van der Waals surface area contributed by atoms with Gasteiger partial charge >= 0.3 is 5.97 Å². The Labute approximate surface area is 187 Å². The van der Waals surface area contributed by atoms with Gasteiger partial charge in [0.1, 0.15) is 0 Å². The highest BCUT2D eigenvalue weighted by atomic mass is 16.5. The summed E-state index contributed by atoms with van der Waals surface area (Å²) in [4.78, 5) is 10.4. The first-order valence-electron chi connectivity index (χ1n) is 11.5. The van der Waals surface area contributed by atoms with Gasteiger partial charge in [0.25, 0.3) is 0 Å². The normalized spacial score (nSPS) is 25.6. The number of allylic oxidation sites excluding steroid dienone is 3. The number of ether oxygens (including phenoxy) is 2. The molecule has 0 radical (unpaired) electrons. The first-order chi connectivity index (χ1) is 14.7. The largest absolute Gasteiger partial charge is 0.478 e. The molecule has 31 heavy (non-hydrogen) atoms. The molecule has 0 aromatic rings. The van der Waals surface area contributed by atoms with Gasteiger partial charge in [-0.15, -0.1) is 0 Å². The van der Waals surface area contributed by atoms with Crippen molar-refractivity contribution in [3.8, 4) is 0 Å². The van der Waals surface area contributed by atoms with E-state index >= 15 is 0 Å². The van der Waals surface area contributed by atoms with E-state index in [4.69, 9.17) is 14.6 Å². The molecule has 178 valence electrons. The molecule has 0 aromatic carbocycles. The monoisotopic (exact) mass is 438 g/mol. The maximum Gasteiger partial charge on any atom is 0.328 e. The molecule has 6 nitrogen and oxygen atoms in total. The molecule has 6 atom stereocenters. The van der Waals surface area contributed by atoms with Gasteiger partial charge in [-0.25, -0.2) is 4.79 Å². The summed E-state index contributed by atoms with van der Waals surface area (Å²) in [6.07, 6.45) is 13.9. The predicted molar refractivity (Wildman–Crippen MR) is 123 cm³/mol. The van der Waals surface area contributed by atoms with Crippen molar-refractivity contribution in [3.05, 3.63) is 36.5 Å². The Bertz CT molecular complexity index is 583. The van der Waals surface area contributed by atoms with Gasteiger partial charge < -0.3 is 24.8 Å². The molecule has 1 saturated heterocycles. The van der Waals surface area contributed by atoms with E-state index < -0.39 is 18.2 Å². The highest BCUT2D eigenvalue weighted by molar-refractivity contribution is 5.80. The smallest absolute Gasteiger partial charge is 0.328 e. The van der Waals surface area contributed by atoms with Crippen LogP contribution < -0.4 is 0 Å². The van der Waals surface area contributed by atoms with Crippen LogP contribution in [0.5, 0.6) is 0 Å². The molecule has 0 amide bonds. The van der Waals surface area contributed by atoms with E-state index in [1.807, 2.05) is 12.2 Å². The van der Waals surface area contributed by atoms with Gasteiger partial charge in [0.05, 0.1) is 30.5 Å². The number of carboxylic acid groups (broad SMARTS) is 1. The minimum atomic E-state index is -0.997. The van der Waals surface area contributed by atoms with Crippen molar-refractivity contribution in [3.63, 3.8) is 0 Å². The fraction of sp³-hybridized carbons (Fsp3) is 0.720. The Morgan fingerprint density at radius 1 is 1.13 bits per heavy atom.